The van der Waals surface area contributed by atoms with Crippen molar-refractivity contribution in [2.24, 2.45) is 0 Å². The van der Waals surface area contributed by atoms with Crippen molar-refractivity contribution in [3.8, 4) is 0 Å². The van der Waals surface area contributed by atoms with Crippen LogP contribution in [0.1, 0.15) is 0 Å². The van der Waals surface area contributed by atoms with Crippen molar-refractivity contribution in [3.05, 3.63) is 0 Å². The van der Waals surface area contributed by atoms with Gasteiger partial charge in [-0.3, -0.25) is 0 Å². The number of hydrogen-bond donors (Lipinski definition) is 0. The Balaban J connectivity index is -0.00000000533. The number of halogens is 5. The van der Waals surface area contributed by atoms with Crippen molar-refractivity contribution in [1.82, 2.24) is 0 Å². The molecule has 74 valence electrons. The maximum atomic E-state index is 8.55. The van der Waals surface area contributed by atoms with Crippen LogP contribution in [0.4, 0.5) is 0 Å². The van der Waals surface area contributed by atoms with Crippen molar-refractivity contribution in [2.75, 3.05) is 0 Å². The van der Waals surface area contributed by atoms with Crippen LogP contribution in [0.5, 0.6) is 0 Å². The van der Waals surface area contributed by atoms with Gasteiger partial charge in [0.05, 0.1) is 0 Å². The van der Waals surface area contributed by atoms with E-state index >= 15 is 0 Å². The van der Waals surface area contributed by atoms with E-state index in [1.807, 2.05) is 0 Å². The summed E-state index contributed by atoms with van der Waals surface area (Å²) in [6.45, 7) is 0. The number of hydrogen-bond acceptors (Lipinski definition) is 4. The molecule has 0 aromatic carbocycles. The summed E-state index contributed by atoms with van der Waals surface area (Å²) in [5.41, 5.74) is 0. The first kappa shape index (κ1) is 50.4. The van der Waals surface area contributed by atoms with Crippen LogP contribution in [0, 0.1) is 0 Å². The Hall–Kier alpha value is 2.38. The minimum atomic E-state index is -5.39. The van der Waals surface area contributed by atoms with Gasteiger partial charge in [0.2, 0.25) is 0 Å². The van der Waals surface area contributed by atoms with Crippen LogP contribution in [0.3, 0.4) is 0 Å². The molecule has 0 spiro atoms. The summed E-state index contributed by atoms with van der Waals surface area (Å²) in [5, 5.41) is 0. The summed E-state index contributed by atoms with van der Waals surface area (Å²) in [6.07, 6.45) is 0. The Morgan fingerprint density at radius 2 is 0.727 bits per heavy atom. The minimum Gasteiger partial charge on any atom is -1.00 e. The van der Waals surface area contributed by atoms with E-state index < -0.39 is 7.82 Å². The van der Waals surface area contributed by atoms with E-state index in [4.69, 9.17) is 19.2 Å². The van der Waals surface area contributed by atoms with E-state index in [0.717, 1.165) is 0 Å². The molecule has 0 heterocycles. The van der Waals surface area contributed by atoms with E-state index in [9.17, 15) is 0 Å². The second-order valence-electron chi connectivity index (χ2n) is 0.447. The van der Waals surface area contributed by atoms with Gasteiger partial charge in [-0.25, -0.2) is 0 Å². The van der Waals surface area contributed by atoms with E-state index in [-0.39, 0.29) is 86.5 Å². The SMILES string of the molecule is O=P([O-])([O-])[O-].[Cl-].[Cl-].[Cl-].[Cl-].[Cl-].[Sb+3]. The molecular weight excluding hydrogens is 394 g/mol. The Labute approximate surface area is 113 Å². The summed E-state index contributed by atoms with van der Waals surface area (Å²) >= 11 is 0. The smallest absolute Gasteiger partial charge is 1.00 e. The molecule has 0 aliphatic carbocycles. The Kier molecular flexibility index (Phi) is 105. The second-order valence-corrected chi connectivity index (χ2v) is 1.34. The van der Waals surface area contributed by atoms with E-state index in [1.54, 1.807) is 0 Å². The quantitative estimate of drug-likeness (QED) is 0.302. The predicted molar refractivity (Wildman–Crippen MR) is 13.4 cm³/mol. The zero-order chi connectivity index (χ0) is 4.50. The fraction of sp³-hybridized carbons (Fsp3) is 0. The molecule has 0 aliphatic rings. The molecule has 4 nitrogen and oxygen atoms in total. The Bertz CT molecular complexity index is 64.6. The summed E-state index contributed by atoms with van der Waals surface area (Å²) in [7, 11) is -5.39. The van der Waals surface area contributed by atoms with Crippen molar-refractivity contribution in [1.29, 1.82) is 0 Å². The average molecular weight is 394 g/mol. The average Bonchev–Trinajstić information content (AvgIpc) is 0.722. The molecule has 0 aromatic heterocycles. The number of phosphoric acid groups is 1. The third-order valence-electron chi connectivity index (χ3n) is 0. The van der Waals surface area contributed by atoms with Crippen LogP contribution in [0.2, 0.25) is 0 Å². The van der Waals surface area contributed by atoms with Gasteiger partial charge in [0.1, 0.15) is 0 Å². The van der Waals surface area contributed by atoms with E-state index in [0.29, 0.717) is 0 Å². The first-order valence-electron chi connectivity index (χ1n) is 0.730. The molecule has 11 heteroatoms. The molecule has 0 aliphatic heterocycles. The van der Waals surface area contributed by atoms with Gasteiger partial charge in [-0.1, -0.05) is 0 Å². The molecule has 0 unspecified atom stereocenters. The molecule has 0 amide bonds. The standard InChI is InChI=1S/5ClH.H3O4P.Sb/c;;;;;1-5(2,3)4;/h5*1H;(H3,1,2,3,4);/q;;;;;;+3/p-8. The first-order chi connectivity index (χ1) is 2.00. The molecule has 0 atom stereocenters. The number of rotatable bonds is 0. The fourth-order valence-corrected chi connectivity index (χ4v) is 0. The summed E-state index contributed by atoms with van der Waals surface area (Å²) in [6, 6.07) is 0. The maximum Gasteiger partial charge on any atom is 3.00 e. The van der Waals surface area contributed by atoms with Gasteiger partial charge >= 0.3 is 24.4 Å². The zero-order valence-corrected chi connectivity index (χ0v) is 11.6. The van der Waals surface area contributed by atoms with Gasteiger partial charge in [-0.05, 0) is 0 Å². The third-order valence-corrected chi connectivity index (χ3v) is 0. The van der Waals surface area contributed by atoms with Gasteiger partial charge in [0.25, 0.3) is 0 Å². The molecular formula is Cl5O4PSb-5. The molecule has 0 fully saturated rings. The van der Waals surface area contributed by atoms with Crippen molar-refractivity contribution in [3.63, 3.8) is 0 Å². The molecule has 11 heavy (non-hydrogen) atoms. The van der Waals surface area contributed by atoms with Crippen LogP contribution < -0.4 is 76.7 Å². The molecule has 0 aromatic rings. The third kappa shape index (κ3) is 236. The zero-order valence-electron chi connectivity index (χ0n) is 4.42. The topological polar surface area (TPSA) is 86.2 Å². The molecule has 0 bridgehead atoms. The second kappa shape index (κ2) is 22.8. The van der Waals surface area contributed by atoms with Gasteiger partial charge in [-0.2, -0.15) is 7.82 Å². The maximum absolute atomic E-state index is 8.55. The molecule has 0 saturated carbocycles. The minimum absolute atomic E-state index is 0. The van der Waals surface area contributed by atoms with Gasteiger partial charge in [0.15, 0.2) is 0 Å². The van der Waals surface area contributed by atoms with Crippen LogP contribution >= 0.6 is 7.82 Å². The van der Waals surface area contributed by atoms with Gasteiger partial charge < -0.3 is 81.3 Å². The largest absolute Gasteiger partial charge is 3.00 e. The van der Waals surface area contributed by atoms with E-state index in [1.165, 1.54) is 0 Å². The summed E-state index contributed by atoms with van der Waals surface area (Å²) in [4.78, 5) is 25.6. The fourth-order valence-electron chi connectivity index (χ4n) is 0. The summed E-state index contributed by atoms with van der Waals surface area (Å²) in [5.74, 6) is 0. The normalized spacial score (nSPS) is 5.36. The Morgan fingerprint density at radius 3 is 0.727 bits per heavy atom. The predicted octanol–water partition coefficient (Wildman–Crippen LogP) is -18.2. The Morgan fingerprint density at radius 1 is 0.727 bits per heavy atom. The van der Waals surface area contributed by atoms with Crippen LogP contribution in [0.15, 0.2) is 0 Å². The monoisotopic (exact) mass is 391 g/mol. The molecule has 0 N–H and O–H groups in total. The molecule has 2 radical (unpaired) electrons. The molecule has 0 saturated heterocycles. The van der Waals surface area contributed by atoms with Crippen molar-refractivity contribution in [2.45, 2.75) is 0 Å². The van der Waals surface area contributed by atoms with Gasteiger partial charge in [-0.15, -0.1) is 0 Å². The van der Waals surface area contributed by atoms with Crippen LogP contribution in [-0.4, -0.2) is 24.4 Å². The van der Waals surface area contributed by atoms with Crippen molar-refractivity contribution < 1.29 is 81.3 Å². The van der Waals surface area contributed by atoms with E-state index in [2.05, 4.69) is 0 Å². The van der Waals surface area contributed by atoms with Crippen molar-refractivity contribution >= 4 is 32.3 Å². The van der Waals surface area contributed by atoms with Crippen LogP contribution in [-0.2, 0) is 4.57 Å². The summed E-state index contributed by atoms with van der Waals surface area (Å²) < 4.78 is 8.55. The first-order valence-corrected chi connectivity index (χ1v) is 2.19. The molecule has 0 rings (SSSR count). The van der Waals surface area contributed by atoms with Crippen LogP contribution in [0.25, 0.3) is 0 Å². The van der Waals surface area contributed by atoms with Gasteiger partial charge in [0, 0.05) is 0 Å².